The predicted molar refractivity (Wildman–Crippen MR) is 68.9 cm³/mol. The first-order valence-electron chi connectivity index (χ1n) is 5.76. The molecule has 0 saturated carbocycles. The summed E-state index contributed by atoms with van der Waals surface area (Å²) in [7, 11) is -5.54. The van der Waals surface area contributed by atoms with Crippen LogP contribution in [0.2, 0.25) is 10.5 Å². The molecule has 0 aliphatic heterocycles. The summed E-state index contributed by atoms with van der Waals surface area (Å²) in [6, 6.07) is 8.34. The van der Waals surface area contributed by atoms with E-state index in [2.05, 4.69) is 0 Å². The molecule has 0 fully saturated rings. The van der Waals surface area contributed by atoms with Crippen LogP contribution in [0.5, 0.6) is 0 Å². The van der Waals surface area contributed by atoms with Gasteiger partial charge in [0.15, 0.2) is 0 Å². The average Bonchev–Trinajstić information content (AvgIpc) is 2.36. The van der Waals surface area contributed by atoms with Crippen LogP contribution >= 0.6 is 0 Å². The monoisotopic (exact) mass is 358 g/mol. The van der Waals surface area contributed by atoms with Gasteiger partial charge in [0.2, 0.25) is 0 Å². The van der Waals surface area contributed by atoms with E-state index < -0.39 is 29.2 Å². The third-order valence-corrected chi connectivity index (χ3v) is 15.2. The summed E-state index contributed by atoms with van der Waals surface area (Å²) in [5.41, 5.74) is -5.37. The first-order chi connectivity index (χ1) is 8.68. The first-order valence-corrected chi connectivity index (χ1v) is 12.0. The minimum absolute atomic E-state index is 0.301. The van der Waals surface area contributed by atoms with E-state index in [4.69, 9.17) is 3.21 Å². The van der Waals surface area contributed by atoms with Gasteiger partial charge in [-0.3, -0.25) is 0 Å². The van der Waals surface area contributed by atoms with Crippen LogP contribution in [-0.4, -0.2) is 27.5 Å². The third-order valence-electron chi connectivity index (χ3n) is 2.99. The Labute approximate surface area is 113 Å². The van der Waals surface area contributed by atoms with E-state index in [9.17, 15) is 21.6 Å². The molecule has 0 radical (unpaired) electrons. The fourth-order valence-electron chi connectivity index (χ4n) is 1.82. The molecule has 0 amide bonds. The van der Waals surface area contributed by atoms with E-state index in [-0.39, 0.29) is 0 Å². The molecule has 19 heavy (non-hydrogen) atoms. The van der Waals surface area contributed by atoms with Crippen molar-refractivity contribution in [3.05, 3.63) is 30.3 Å². The second-order valence-corrected chi connectivity index (χ2v) is 15.0. The molecule has 0 atom stereocenters. The molecule has 0 unspecified atom stereocenters. The minimum atomic E-state index is -5.54. The predicted octanol–water partition coefficient (Wildman–Crippen LogP) is 2.75. The zero-order valence-corrected chi connectivity index (χ0v) is 13.5. The summed E-state index contributed by atoms with van der Waals surface area (Å²) in [6.45, 7) is 3.34. The molecule has 1 aromatic carbocycles. The zero-order chi connectivity index (χ0) is 14.7. The molecule has 0 spiro atoms. The van der Waals surface area contributed by atoms with Gasteiger partial charge < -0.3 is 0 Å². The summed E-state index contributed by atoms with van der Waals surface area (Å²) in [5.74, 6) is 0. The Hall–Kier alpha value is -0.537. The van der Waals surface area contributed by atoms with Gasteiger partial charge >= 0.3 is 113 Å². The molecule has 0 aliphatic carbocycles. The van der Waals surface area contributed by atoms with Crippen LogP contribution in [-0.2, 0) is 13.3 Å². The summed E-state index contributed by atoms with van der Waals surface area (Å²) < 4.78 is 65.2. The number of alkyl halides is 3. The number of halogens is 3. The van der Waals surface area contributed by atoms with Crippen molar-refractivity contribution < 1.29 is 24.8 Å². The number of rotatable bonds is 5. The summed E-state index contributed by atoms with van der Waals surface area (Å²) in [4.78, 5) is 0. The van der Waals surface area contributed by atoms with Gasteiger partial charge in [0.1, 0.15) is 0 Å². The Morgan fingerprint density at radius 3 is 1.95 bits per heavy atom. The van der Waals surface area contributed by atoms with Crippen LogP contribution in [0.25, 0.3) is 0 Å². The van der Waals surface area contributed by atoms with E-state index >= 15 is 0 Å². The molecular formula is C11H15F3GeO3S. The molecule has 1 rings (SSSR count). The molecule has 0 saturated heterocycles. The molecule has 0 aliphatic rings. The second kappa shape index (κ2) is 5.84. The number of benzene rings is 1. The van der Waals surface area contributed by atoms with Gasteiger partial charge in [-0.15, -0.1) is 0 Å². The van der Waals surface area contributed by atoms with Crippen LogP contribution < -0.4 is 4.40 Å². The van der Waals surface area contributed by atoms with Gasteiger partial charge in [-0.1, -0.05) is 0 Å². The molecule has 3 nitrogen and oxygen atoms in total. The maximum atomic E-state index is 12.5. The van der Waals surface area contributed by atoms with Gasteiger partial charge in [0.05, 0.1) is 0 Å². The standard InChI is InChI=1S/C11H15F3GeO3S/c1-3-15(4-2,10-8-6-5-7-9-10)18-19(16,17)11(12,13)14/h5-9H,3-4H2,1-2H3. The Kier molecular flexibility index (Phi) is 5.08. The van der Waals surface area contributed by atoms with Crippen molar-refractivity contribution in [2.75, 3.05) is 0 Å². The number of hydrogen-bond donors (Lipinski definition) is 0. The van der Waals surface area contributed by atoms with Crippen molar-refractivity contribution in [2.45, 2.75) is 29.9 Å². The molecule has 0 heterocycles. The van der Waals surface area contributed by atoms with Crippen LogP contribution in [0.4, 0.5) is 13.2 Å². The van der Waals surface area contributed by atoms with Crippen LogP contribution in [0.15, 0.2) is 30.3 Å². The Balaban J connectivity index is 3.24. The first kappa shape index (κ1) is 16.5. The molecule has 108 valence electrons. The normalized spacial score (nSPS) is 13.5. The van der Waals surface area contributed by atoms with Gasteiger partial charge in [-0.2, -0.15) is 0 Å². The second-order valence-electron chi connectivity index (χ2n) is 4.05. The Morgan fingerprint density at radius 1 is 1.11 bits per heavy atom. The van der Waals surface area contributed by atoms with Gasteiger partial charge in [-0.05, 0) is 0 Å². The topological polar surface area (TPSA) is 43.4 Å². The van der Waals surface area contributed by atoms with Crippen molar-refractivity contribution in [1.29, 1.82) is 0 Å². The zero-order valence-electron chi connectivity index (χ0n) is 10.6. The van der Waals surface area contributed by atoms with Crippen molar-refractivity contribution in [3.8, 4) is 0 Å². The van der Waals surface area contributed by atoms with Crippen LogP contribution in [0.3, 0.4) is 0 Å². The molecule has 1 aromatic rings. The van der Waals surface area contributed by atoms with Gasteiger partial charge in [0.25, 0.3) is 0 Å². The number of hydrogen-bond acceptors (Lipinski definition) is 3. The molecule has 8 heteroatoms. The van der Waals surface area contributed by atoms with E-state index in [1.807, 2.05) is 0 Å². The average molecular weight is 357 g/mol. The van der Waals surface area contributed by atoms with Gasteiger partial charge in [0, 0.05) is 0 Å². The fourth-order valence-corrected chi connectivity index (χ4v) is 12.4. The summed E-state index contributed by atoms with van der Waals surface area (Å²) in [6.07, 6.45) is 0. The van der Waals surface area contributed by atoms with Crippen molar-refractivity contribution >= 4 is 28.1 Å². The molecule has 0 N–H and O–H groups in total. The fraction of sp³-hybridized carbons (Fsp3) is 0.455. The quantitative estimate of drug-likeness (QED) is 0.602. The van der Waals surface area contributed by atoms with E-state index in [1.165, 1.54) is 0 Å². The summed E-state index contributed by atoms with van der Waals surface area (Å²) >= 11 is -3.76. The van der Waals surface area contributed by atoms with Crippen molar-refractivity contribution in [1.82, 2.24) is 0 Å². The Morgan fingerprint density at radius 2 is 1.58 bits per heavy atom. The molecule has 0 aromatic heterocycles. The van der Waals surface area contributed by atoms with E-state index in [0.29, 0.717) is 14.9 Å². The van der Waals surface area contributed by atoms with Crippen LogP contribution in [0.1, 0.15) is 13.8 Å². The maximum absolute atomic E-state index is 12.5. The Bertz CT molecular complexity index is 510. The van der Waals surface area contributed by atoms with Crippen molar-refractivity contribution in [3.63, 3.8) is 0 Å². The van der Waals surface area contributed by atoms with Crippen molar-refractivity contribution in [2.24, 2.45) is 0 Å². The SMILES string of the molecule is C[CH2][Ge]([CH2]C)([O]S(=O)(=O)C(F)(F)F)[c]1ccccc1. The van der Waals surface area contributed by atoms with Crippen LogP contribution in [0, 0.1) is 0 Å². The molecular weight excluding hydrogens is 342 g/mol. The summed E-state index contributed by atoms with van der Waals surface area (Å²) in [5, 5.41) is 0.603. The van der Waals surface area contributed by atoms with E-state index in [0.717, 1.165) is 0 Å². The third kappa shape index (κ3) is 3.52. The van der Waals surface area contributed by atoms with E-state index in [1.54, 1.807) is 44.2 Å². The van der Waals surface area contributed by atoms with Gasteiger partial charge in [-0.25, -0.2) is 0 Å². The molecule has 0 bridgehead atoms.